The van der Waals surface area contributed by atoms with E-state index >= 15 is 0 Å². The predicted molar refractivity (Wildman–Crippen MR) is 127 cm³/mol. The molecule has 7 N–H and O–H groups in total. The Bertz CT molecular complexity index is 1170. The van der Waals surface area contributed by atoms with Crippen molar-refractivity contribution in [3.63, 3.8) is 0 Å². The number of ether oxygens (including phenoxy) is 1. The molecule has 1 aromatic heterocycles. The third kappa shape index (κ3) is 4.96. The smallest absolute Gasteiger partial charge is 0.166 e. The zero-order valence-corrected chi connectivity index (χ0v) is 18.9. The molecule has 3 rings (SSSR count). The van der Waals surface area contributed by atoms with E-state index in [1.54, 1.807) is 38.5 Å². The fourth-order valence-corrected chi connectivity index (χ4v) is 3.81. The highest BCUT2D eigenvalue weighted by atomic mass is 19.1. The third-order valence-corrected chi connectivity index (χ3v) is 5.51. The van der Waals surface area contributed by atoms with Crippen LogP contribution in [0, 0.1) is 22.6 Å². The molecule has 2 atom stereocenters. The van der Waals surface area contributed by atoms with E-state index in [0.717, 1.165) is 0 Å². The van der Waals surface area contributed by atoms with Crippen molar-refractivity contribution in [1.29, 1.82) is 10.7 Å². The molecule has 9 heteroatoms. The molecule has 2 aromatic rings. The molecule has 0 saturated heterocycles. The van der Waals surface area contributed by atoms with Crippen LogP contribution in [0.5, 0.6) is 5.75 Å². The van der Waals surface area contributed by atoms with Crippen LogP contribution in [0.1, 0.15) is 43.1 Å². The van der Waals surface area contributed by atoms with Gasteiger partial charge in [0.25, 0.3) is 0 Å². The molecule has 2 bridgehead atoms. The van der Waals surface area contributed by atoms with Gasteiger partial charge in [0, 0.05) is 53.9 Å². The Kier molecular flexibility index (Phi) is 7.30. The number of hydrogen-bond donors (Lipinski definition) is 5. The Hall–Kier alpha value is -3.90. The van der Waals surface area contributed by atoms with Crippen LogP contribution in [-0.2, 0) is 0 Å². The van der Waals surface area contributed by atoms with E-state index in [-0.39, 0.29) is 18.1 Å². The normalized spacial score (nSPS) is 19.7. The minimum absolute atomic E-state index is 0.174. The molecule has 0 saturated carbocycles. The van der Waals surface area contributed by atoms with Crippen LogP contribution in [0.4, 0.5) is 10.2 Å². The van der Waals surface area contributed by atoms with Crippen molar-refractivity contribution in [3.05, 3.63) is 70.3 Å². The summed E-state index contributed by atoms with van der Waals surface area (Å²) in [5.41, 5.74) is 16.0. The average molecular weight is 450 g/mol. The number of aromatic nitrogens is 1. The second kappa shape index (κ2) is 10.1. The first-order valence-corrected chi connectivity index (χ1v) is 10.6. The van der Waals surface area contributed by atoms with E-state index in [4.69, 9.17) is 21.6 Å². The Morgan fingerprint density at radius 2 is 2.24 bits per heavy atom. The highest BCUT2D eigenvalue weighted by Gasteiger charge is 2.23. The van der Waals surface area contributed by atoms with Gasteiger partial charge in [-0.05, 0) is 43.2 Å². The molecule has 33 heavy (non-hydrogen) atoms. The van der Waals surface area contributed by atoms with Gasteiger partial charge in [0.1, 0.15) is 18.0 Å². The zero-order chi connectivity index (χ0) is 24.1. The average Bonchev–Trinajstić information content (AvgIpc) is 2.80. The van der Waals surface area contributed by atoms with Gasteiger partial charge in [0.15, 0.2) is 11.6 Å². The summed E-state index contributed by atoms with van der Waals surface area (Å²) in [6.07, 6.45) is 3.21. The van der Waals surface area contributed by atoms with Gasteiger partial charge in [-0.3, -0.25) is 5.41 Å². The summed E-state index contributed by atoms with van der Waals surface area (Å²) in [7, 11) is 1.74. The summed E-state index contributed by atoms with van der Waals surface area (Å²) in [5, 5.41) is 24.6. The van der Waals surface area contributed by atoms with Crippen LogP contribution in [0.3, 0.4) is 0 Å². The molecule has 0 fully saturated rings. The van der Waals surface area contributed by atoms with Gasteiger partial charge in [-0.2, -0.15) is 5.26 Å². The van der Waals surface area contributed by atoms with Crippen LogP contribution >= 0.6 is 0 Å². The summed E-state index contributed by atoms with van der Waals surface area (Å²) >= 11 is 0. The van der Waals surface area contributed by atoms with E-state index in [2.05, 4.69) is 21.7 Å². The molecule has 1 aromatic carbocycles. The summed E-state index contributed by atoms with van der Waals surface area (Å²) in [6.45, 7) is 3.93. The van der Waals surface area contributed by atoms with E-state index in [9.17, 15) is 9.65 Å². The van der Waals surface area contributed by atoms with Gasteiger partial charge in [-0.1, -0.05) is 6.92 Å². The minimum Gasteiger partial charge on any atom is -0.482 e. The van der Waals surface area contributed by atoms with Crippen LogP contribution in [-0.4, -0.2) is 30.3 Å². The lowest BCUT2D eigenvalue weighted by molar-refractivity contribution is 0.227. The largest absolute Gasteiger partial charge is 0.482 e. The molecular formula is C24H28FN7O. The maximum absolute atomic E-state index is 14.1. The fraction of sp³-hybridized carbons (Fsp3) is 0.292. The number of fused-ring (bicyclic) bond motifs is 3. The monoisotopic (exact) mass is 449 g/mol. The van der Waals surface area contributed by atoms with E-state index in [1.165, 1.54) is 12.1 Å². The Morgan fingerprint density at radius 3 is 2.91 bits per heavy atom. The number of halogens is 1. The Balaban J connectivity index is 2.27. The molecule has 0 amide bonds. The van der Waals surface area contributed by atoms with Crippen molar-refractivity contribution in [1.82, 2.24) is 15.6 Å². The quantitative estimate of drug-likeness (QED) is 0.484. The summed E-state index contributed by atoms with van der Waals surface area (Å²) in [5.74, 6) is 0.0616. The van der Waals surface area contributed by atoms with Crippen LogP contribution in [0.2, 0.25) is 0 Å². The van der Waals surface area contributed by atoms with Gasteiger partial charge >= 0.3 is 0 Å². The summed E-state index contributed by atoms with van der Waals surface area (Å²) < 4.78 is 20.2. The molecule has 0 radical (unpaired) electrons. The van der Waals surface area contributed by atoms with Crippen molar-refractivity contribution < 1.29 is 9.13 Å². The molecule has 2 unspecified atom stereocenters. The number of nitriles is 1. The van der Waals surface area contributed by atoms with Crippen molar-refractivity contribution in [2.45, 2.75) is 32.4 Å². The van der Waals surface area contributed by atoms with Gasteiger partial charge in [-0.25, -0.2) is 9.37 Å². The first-order chi connectivity index (χ1) is 15.8. The van der Waals surface area contributed by atoms with Crippen molar-refractivity contribution >= 4 is 17.2 Å². The first kappa shape index (κ1) is 23.8. The van der Waals surface area contributed by atoms with Crippen molar-refractivity contribution in [2.24, 2.45) is 5.73 Å². The van der Waals surface area contributed by atoms with E-state index in [0.29, 0.717) is 45.7 Å². The minimum atomic E-state index is -0.828. The van der Waals surface area contributed by atoms with Crippen LogP contribution in [0.25, 0.3) is 5.70 Å². The van der Waals surface area contributed by atoms with E-state index in [1.807, 2.05) is 6.92 Å². The number of rotatable bonds is 3. The maximum atomic E-state index is 14.1. The second-order valence-corrected chi connectivity index (χ2v) is 7.65. The number of nitrogen functional groups attached to an aromatic ring is 1. The van der Waals surface area contributed by atoms with Gasteiger partial charge in [-0.15, -0.1) is 0 Å². The maximum Gasteiger partial charge on any atom is 0.166 e. The van der Waals surface area contributed by atoms with Crippen LogP contribution in [0.15, 0.2) is 47.8 Å². The molecule has 0 aliphatic carbocycles. The van der Waals surface area contributed by atoms with Crippen molar-refractivity contribution in [2.75, 3.05) is 19.3 Å². The highest BCUT2D eigenvalue weighted by molar-refractivity contribution is 6.12. The second-order valence-electron chi connectivity index (χ2n) is 7.65. The SMILES string of the molecule is CC/C(=C1/NC/C(=C/NC)C(=N)c2ccc(F)cc2C(C)Oc2cc1cnc2N)C(N)C#N. The van der Waals surface area contributed by atoms with Crippen molar-refractivity contribution in [3.8, 4) is 11.8 Å². The number of benzene rings is 1. The number of anilines is 1. The van der Waals surface area contributed by atoms with Gasteiger partial charge < -0.3 is 26.8 Å². The third-order valence-electron chi connectivity index (χ3n) is 5.51. The molecule has 1 aliphatic heterocycles. The lowest BCUT2D eigenvalue weighted by atomic mass is 9.94. The van der Waals surface area contributed by atoms with E-state index < -0.39 is 18.0 Å². The number of pyridine rings is 1. The molecule has 8 nitrogen and oxygen atoms in total. The molecular weight excluding hydrogens is 421 g/mol. The lowest BCUT2D eigenvalue weighted by Crippen LogP contribution is -2.28. The topological polar surface area (TPSA) is 146 Å². The molecule has 172 valence electrons. The van der Waals surface area contributed by atoms with Gasteiger partial charge in [0.05, 0.1) is 11.8 Å². The zero-order valence-electron chi connectivity index (χ0n) is 18.9. The summed E-state index contributed by atoms with van der Waals surface area (Å²) in [4.78, 5) is 4.27. The standard InChI is InChI=1S/C24H28FN7O/c1-4-17(20(27)9-26)23-14-7-21(24(29)32-11-14)33-13(2)19-8-16(25)5-6-18(19)22(28)15(10-30-3)12-31-23/h5-8,10-11,13,20,28,30-31H,4,12,27H2,1-3H3,(H2,29,32)/b15-10-,23-17-,28-22?. The molecule has 1 aliphatic rings. The summed E-state index contributed by atoms with van der Waals surface area (Å²) in [6, 6.07) is 7.25. The molecule has 0 spiro atoms. The first-order valence-electron chi connectivity index (χ1n) is 10.6. The number of nitrogens with two attached hydrogens (primary N) is 2. The number of nitrogens with one attached hydrogen (secondary N) is 3. The highest BCUT2D eigenvalue weighted by Crippen LogP contribution is 2.32. The Labute approximate surface area is 192 Å². The fourth-order valence-electron chi connectivity index (χ4n) is 3.81. The predicted octanol–water partition coefficient (Wildman–Crippen LogP) is 2.99. The lowest BCUT2D eigenvalue weighted by Gasteiger charge is -2.24. The number of hydrogen-bond acceptors (Lipinski definition) is 8. The van der Waals surface area contributed by atoms with Crippen LogP contribution < -0.4 is 26.8 Å². The Morgan fingerprint density at radius 1 is 1.48 bits per heavy atom. The number of nitrogens with zero attached hydrogens (tertiary/aromatic N) is 2. The van der Waals surface area contributed by atoms with Gasteiger partial charge in [0.2, 0.25) is 0 Å². The molecule has 2 heterocycles.